The lowest BCUT2D eigenvalue weighted by molar-refractivity contribution is 0.293. The topological polar surface area (TPSA) is 9.23 Å². The van der Waals surface area contributed by atoms with Crippen molar-refractivity contribution in [1.29, 1.82) is 0 Å². The Morgan fingerprint density at radius 2 is 1.45 bits per heavy atom. The third-order valence-corrected chi connectivity index (χ3v) is 2.71. The number of para-hydroxylation sites is 1. The van der Waals surface area contributed by atoms with Crippen molar-refractivity contribution in [3.05, 3.63) is 59.7 Å². The van der Waals surface area contributed by atoms with Gasteiger partial charge < -0.3 is 17.7 Å². The maximum Gasteiger partial charge on any atom is 0.513 e. The van der Waals surface area contributed by atoms with Gasteiger partial charge in [-0.15, -0.1) is 0 Å². The van der Waals surface area contributed by atoms with Crippen LogP contribution in [0.15, 0.2) is 42.5 Å². The highest BCUT2D eigenvalue weighted by atomic mass is 19.4. The standard InChI is InChI=1S/C13H9BF5O/c15-11-5-3-6-12(16)9(11)8-20-13-7-2-1-4-10(13)14(17,18)19/h1-7H,8H2/q-1. The number of hydrogen-bond donors (Lipinski definition) is 0. The van der Waals surface area contributed by atoms with Gasteiger partial charge in [-0.1, -0.05) is 29.7 Å². The highest BCUT2D eigenvalue weighted by Crippen LogP contribution is 2.20. The van der Waals surface area contributed by atoms with Crippen molar-refractivity contribution < 1.29 is 26.5 Å². The van der Waals surface area contributed by atoms with Crippen molar-refractivity contribution in [3.63, 3.8) is 0 Å². The number of hydrogen-bond acceptors (Lipinski definition) is 1. The summed E-state index contributed by atoms with van der Waals surface area (Å²) in [6.45, 7) is -5.86. The Balaban J connectivity index is 2.24. The Hall–Kier alpha value is -2.05. The zero-order valence-corrected chi connectivity index (χ0v) is 10.1. The van der Waals surface area contributed by atoms with E-state index in [0.29, 0.717) is 0 Å². The minimum atomic E-state index is -5.25. The molecule has 7 heteroatoms. The quantitative estimate of drug-likeness (QED) is 0.616. The molecule has 2 rings (SSSR count). The molecule has 0 fully saturated rings. The molecule has 0 saturated carbocycles. The lowest BCUT2D eigenvalue weighted by Crippen LogP contribution is -2.35. The van der Waals surface area contributed by atoms with E-state index in [1.165, 1.54) is 18.2 Å². The van der Waals surface area contributed by atoms with E-state index in [1.807, 2.05) is 0 Å². The van der Waals surface area contributed by atoms with Gasteiger partial charge in [0.25, 0.3) is 0 Å². The molecule has 2 aromatic rings. The first-order valence-corrected chi connectivity index (χ1v) is 5.74. The molecule has 0 bridgehead atoms. The molecular formula is C13H9BF5O-. The SMILES string of the molecule is Fc1cccc(F)c1COc1ccccc1[B-](F)(F)F. The summed E-state index contributed by atoms with van der Waals surface area (Å²) >= 11 is 0. The van der Waals surface area contributed by atoms with Gasteiger partial charge in [-0.2, -0.15) is 0 Å². The van der Waals surface area contributed by atoms with Crippen LogP contribution in [0.4, 0.5) is 21.7 Å². The monoisotopic (exact) mass is 287 g/mol. The summed E-state index contributed by atoms with van der Waals surface area (Å²) in [5.74, 6) is -2.16. The number of rotatable bonds is 4. The second-order valence-corrected chi connectivity index (χ2v) is 4.10. The highest BCUT2D eigenvalue weighted by molar-refractivity contribution is 6.74. The molecule has 106 valence electrons. The smallest absolute Gasteiger partial charge is 0.492 e. The summed E-state index contributed by atoms with van der Waals surface area (Å²) in [6, 6.07) is 7.76. The number of halogens is 5. The first-order valence-electron chi connectivity index (χ1n) is 5.74. The largest absolute Gasteiger partial charge is 0.513 e. The molecule has 0 heterocycles. The van der Waals surface area contributed by atoms with Gasteiger partial charge >= 0.3 is 6.98 Å². The van der Waals surface area contributed by atoms with E-state index < -0.39 is 42.0 Å². The molecule has 1 nitrogen and oxygen atoms in total. The van der Waals surface area contributed by atoms with E-state index in [4.69, 9.17) is 4.74 Å². The van der Waals surface area contributed by atoms with Gasteiger partial charge in [0.05, 0.1) is 11.3 Å². The van der Waals surface area contributed by atoms with Gasteiger partial charge in [-0.3, -0.25) is 0 Å². The van der Waals surface area contributed by atoms with E-state index >= 15 is 0 Å². The second-order valence-electron chi connectivity index (χ2n) is 4.10. The fourth-order valence-electron chi connectivity index (χ4n) is 1.70. The van der Waals surface area contributed by atoms with Crippen LogP contribution in [-0.2, 0) is 6.61 Å². The van der Waals surface area contributed by atoms with Gasteiger partial charge in [0, 0.05) is 0 Å². The summed E-state index contributed by atoms with van der Waals surface area (Å²) < 4.78 is 69.9. The molecule has 0 saturated heterocycles. The fourth-order valence-corrected chi connectivity index (χ4v) is 1.70. The van der Waals surface area contributed by atoms with E-state index in [2.05, 4.69) is 0 Å². The first kappa shape index (κ1) is 14.4. The van der Waals surface area contributed by atoms with E-state index in [-0.39, 0.29) is 0 Å². The minimum Gasteiger partial charge on any atom is -0.492 e. The molecule has 0 aliphatic heterocycles. The summed E-state index contributed by atoms with van der Waals surface area (Å²) in [5, 5.41) is 0. The van der Waals surface area contributed by atoms with Crippen molar-refractivity contribution in [2.45, 2.75) is 6.61 Å². The lowest BCUT2D eigenvalue weighted by atomic mass is 9.79. The molecule has 0 N–H and O–H groups in total. The van der Waals surface area contributed by atoms with E-state index in [9.17, 15) is 21.7 Å². The molecule has 0 atom stereocenters. The van der Waals surface area contributed by atoms with Crippen molar-refractivity contribution in [2.75, 3.05) is 0 Å². The molecule has 0 spiro atoms. The zero-order chi connectivity index (χ0) is 14.8. The summed E-state index contributed by atoms with van der Waals surface area (Å²) in [4.78, 5) is 0. The Labute approximate surface area is 112 Å². The van der Waals surface area contributed by atoms with Crippen LogP contribution in [0, 0.1) is 11.6 Å². The lowest BCUT2D eigenvalue weighted by Gasteiger charge is -2.19. The molecule has 0 aromatic heterocycles. The van der Waals surface area contributed by atoms with E-state index in [0.717, 1.165) is 24.3 Å². The first-order chi connectivity index (χ1) is 9.39. The third-order valence-electron chi connectivity index (χ3n) is 2.71. The van der Waals surface area contributed by atoms with Crippen LogP contribution in [-0.4, -0.2) is 6.98 Å². The Morgan fingerprint density at radius 1 is 0.850 bits per heavy atom. The van der Waals surface area contributed by atoms with E-state index in [1.54, 1.807) is 0 Å². The third kappa shape index (κ3) is 3.09. The van der Waals surface area contributed by atoms with Gasteiger partial charge in [0.15, 0.2) is 0 Å². The van der Waals surface area contributed by atoms with Crippen molar-refractivity contribution >= 4 is 12.4 Å². The predicted octanol–water partition coefficient (Wildman–Crippen LogP) is 3.60. The second kappa shape index (κ2) is 5.52. The molecule has 20 heavy (non-hydrogen) atoms. The molecule has 2 aromatic carbocycles. The maximum absolute atomic E-state index is 13.3. The molecule has 0 radical (unpaired) electrons. The summed E-state index contributed by atoms with van der Waals surface area (Å²) in [5.41, 5.74) is -1.33. The molecule has 0 amide bonds. The Bertz CT molecular complexity index is 592. The highest BCUT2D eigenvalue weighted by Gasteiger charge is 2.29. The van der Waals surface area contributed by atoms with Crippen molar-refractivity contribution in [1.82, 2.24) is 0 Å². The van der Waals surface area contributed by atoms with Crippen LogP contribution < -0.4 is 10.2 Å². The predicted molar refractivity (Wildman–Crippen MR) is 65.8 cm³/mol. The Kier molecular flexibility index (Phi) is 3.97. The van der Waals surface area contributed by atoms with Crippen molar-refractivity contribution in [3.8, 4) is 5.75 Å². The van der Waals surface area contributed by atoms with Crippen LogP contribution >= 0.6 is 0 Å². The van der Waals surface area contributed by atoms with Gasteiger partial charge in [0.2, 0.25) is 0 Å². The normalized spacial score (nSPS) is 11.4. The minimum absolute atomic E-state index is 0.406. The summed E-state index contributed by atoms with van der Waals surface area (Å²) in [7, 11) is 0. The zero-order valence-electron chi connectivity index (χ0n) is 10.1. The molecule has 0 unspecified atom stereocenters. The van der Waals surface area contributed by atoms with Crippen LogP contribution in [0.1, 0.15) is 5.56 Å². The maximum atomic E-state index is 13.3. The van der Waals surface area contributed by atoms with Crippen molar-refractivity contribution in [2.24, 2.45) is 0 Å². The van der Waals surface area contributed by atoms with Gasteiger partial charge in [-0.05, 0) is 18.2 Å². The van der Waals surface area contributed by atoms with Crippen LogP contribution in [0.3, 0.4) is 0 Å². The number of benzene rings is 2. The molecule has 0 aliphatic carbocycles. The van der Waals surface area contributed by atoms with Gasteiger partial charge in [0.1, 0.15) is 18.2 Å². The summed E-state index contributed by atoms with van der Waals surface area (Å²) in [6.07, 6.45) is 0. The number of ether oxygens (including phenoxy) is 1. The van der Waals surface area contributed by atoms with Gasteiger partial charge in [-0.25, -0.2) is 8.78 Å². The van der Waals surface area contributed by atoms with Crippen LogP contribution in [0.5, 0.6) is 5.75 Å². The van der Waals surface area contributed by atoms with Crippen LogP contribution in [0.2, 0.25) is 0 Å². The Morgan fingerprint density at radius 3 is 2.05 bits per heavy atom. The fraction of sp³-hybridized carbons (Fsp3) is 0.0769. The molecular weight excluding hydrogens is 278 g/mol. The molecule has 0 aliphatic rings. The van der Waals surface area contributed by atoms with Crippen LogP contribution in [0.25, 0.3) is 0 Å². The average molecular weight is 287 g/mol. The average Bonchev–Trinajstić information content (AvgIpc) is 2.37.